The smallest absolute Gasteiger partial charge is 0.306 e. The first-order valence-corrected chi connectivity index (χ1v) is 12.2. The Morgan fingerprint density at radius 1 is 0.909 bits per heavy atom. The Labute approximate surface area is 198 Å². The third-order valence-corrected chi connectivity index (χ3v) is 6.43. The molecule has 170 valence electrons. The fourth-order valence-electron chi connectivity index (χ4n) is 4.05. The normalized spacial score (nSPS) is 18.2. The molecule has 1 amide bonds. The Morgan fingerprint density at radius 2 is 1.55 bits per heavy atom. The molecule has 3 aromatic rings. The number of nitrogens with one attached hydrogen (secondary N) is 1. The first kappa shape index (κ1) is 22.8. The van der Waals surface area contributed by atoms with Gasteiger partial charge in [0.25, 0.3) is 5.91 Å². The summed E-state index contributed by atoms with van der Waals surface area (Å²) in [6.45, 7) is 0. The van der Waals surface area contributed by atoms with E-state index in [4.69, 9.17) is 21.1 Å². The van der Waals surface area contributed by atoms with Crippen molar-refractivity contribution in [3.05, 3.63) is 83.9 Å². The zero-order valence-corrected chi connectivity index (χ0v) is 19.9. The number of methoxy groups -OCH3 is 1. The van der Waals surface area contributed by atoms with E-state index in [1.807, 2.05) is 48.5 Å². The second-order valence-corrected chi connectivity index (χ2v) is 9.61. The minimum Gasteiger partial charge on any atom is -0.497 e. The van der Waals surface area contributed by atoms with Crippen molar-refractivity contribution in [1.82, 2.24) is 10.2 Å². The lowest BCUT2D eigenvalue weighted by Gasteiger charge is -2.35. The summed E-state index contributed by atoms with van der Waals surface area (Å²) in [6.07, 6.45) is 0.975. The van der Waals surface area contributed by atoms with Gasteiger partial charge in [0.15, 0.2) is 10.7 Å². The van der Waals surface area contributed by atoms with E-state index in [0.29, 0.717) is 16.2 Å². The average Bonchev–Trinajstić information content (AvgIpc) is 3.02. The zero-order chi connectivity index (χ0) is 23.8. The third-order valence-electron chi connectivity index (χ3n) is 5.56. The van der Waals surface area contributed by atoms with Gasteiger partial charge in [-0.05, 0) is 64.8 Å². The third kappa shape index (κ3) is 4.17. The van der Waals surface area contributed by atoms with Crippen LogP contribution in [0.25, 0.3) is 11.1 Å². The molecule has 33 heavy (non-hydrogen) atoms. The molecule has 0 spiro atoms. The predicted molar refractivity (Wildman–Crippen MR) is 130 cm³/mol. The lowest BCUT2D eigenvalue weighted by Crippen LogP contribution is -2.45. The van der Waals surface area contributed by atoms with Gasteiger partial charge in [0.2, 0.25) is 0 Å². The molecule has 0 radical (unpaired) electrons. The van der Waals surface area contributed by atoms with E-state index in [-0.39, 0.29) is 11.7 Å². The predicted octanol–water partition coefficient (Wildman–Crippen LogP) is 3.29. The molecule has 1 aliphatic heterocycles. The monoisotopic (exact) mass is 482 g/mol. The van der Waals surface area contributed by atoms with Crippen LogP contribution in [0.3, 0.4) is 0 Å². The molecule has 7 nitrogen and oxygen atoms in total. The Kier molecular flexibility index (Phi) is 5.85. The van der Waals surface area contributed by atoms with Crippen LogP contribution in [0.4, 0.5) is 0 Å². The van der Waals surface area contributed by atoms with Crippen molar-refractivity contribution in [2.45, 2.75) is 5.54 Å². The van der Waals surface area contributed by atoms with Crippen LogP contribution in [-0.2, 0) is 20.5 Å². The molecule has 1 fully saturated rings. The number of hydrogen-bond donors (Lipinski definition) is 1. The molecule has 1 unspecified atom stereocenters. The number of ether oxygens (including phenoxy) is 1. The van der Waals surface area contributed by atoms with Crippen LogP contribution in [-0.4, -0.2) is 44.8 Å². The Balaban J connectivity index is 1.86. The molecule has 0 aromatic heterocycles. The van der Waals surface area contributed by atoms with Gasteiger partial charge in [-0.3, -0.25) is 4.79 Å². The highest BCUT2D eigenvalue weighted by molar-refractivity contribution is 7.86. The van der Waals surface area contributed by atoms with E-state index in [1.54, 1.807) is 31.2 Å². The van der Waals surface area contributed by atoms with E-state index in [0.717, 1.165) is 23.1 Å². The zero-order valence-electron chi connectivity index (χ0n) is 18.2. The number of rotatable bonds is 6. The van der Waals surface area contributed by atoms with E-state index >= 15 is 0 Å². The number of thiocarbonyl (C=S) groups is 1. The van der Waals surface area contributed by atoms with Crippen LogP contribution in [0.2, 0.25) is 0 Å². The Hall–Kier alpha value is -3.43. The van der Waals surface area contributed by atoms with Crippen molar-refractivity contribution in [2.24, 2.45) is 0 Å². The average molecular weight is 483 g/mol. The largest absolute Gasteiger partial charge is 0.497 e. The van der Waals surface area contributed by atoms with Crippen molar-refractivity contribution in [3.8, 4) is 22.6 Å². The number of hydrogen-bond acceptors (Lipinski definition) is 6. The van der Waals surface area contributed by atoms with Crippen molar-refractivity contribution in [2.75, 3.05) is 20.4 Å². The number of nitrogens with zero attached hydrogens (tertiary/aromatic N) is 1. The summed E-state index contributed by atoms with van der Waals surface area (Å²) in [4.78, 5) is 15.1. The minimum absolute atomic E-state index is 0.158. The first-order chi connectivity index (χ1) is 15.6. The lowest BCUT2D eigenvalue weighted by atomic mass is 9.80. The maximum Gasteiger partial charge on any atom is 0.306 e. The molecule has 0 aliphatic carbocycles. The summed E-state index contributed by atoms with van der Waals surface area (Å²) < 4.78 is 33.2. The molecule has 1 saturated heterocycles. The summed E-state index contributed by atoms with van der Waals surface area (Å²) in [7, 11) is -0.309. The second-order valence-electron chi connectivity index (χ2n) is 7.65. The van der Waals surface area contributed by atoms with Gasteiger partial charge in [0.05, 0.1) is 13.4 Å². The molecular formula is C24H22N2O5S2. The molecule has 1 N–H and O–H groups in total. The van der Waals surface area contributed by atoms with Gasteiger partial charge < -0.3 is 19.1 Å². The second kappa shape index (κ2) is 8.49. The molecular weight excluding hydrogens is 460 g/mol. The molecule has 1 aliphatic rings. The number of amides is 1. The van der Waals surface area contributed by atoms with Crippen molar-refractivity contribution < 1.29 is 22.1 Å². The van der Waals surface area contributed by atoms with Crippen LogP contribution in [0.15, 0.2) is 72.8 Å². The fraction of sp³-hybridized carbons (Fsp3) is 0.167. The van der Waals surface area contributed by atoms with Gasteiger partial charge in [0, 0.05) is 7.05 Å². The van der Waals surface area contributed by atoms with Gasteiger partial charge in [-0.25, -0.2) is 0 Å². The summed E-state index contributed by atoms with van der Waals surface area (Å²) in [6, 6.07) is 21.7. The molecule has 0 bridgehead atoms. The number of carbonyl (C=O) groups is 1. The van der Waals surface area contributed by atoms with Crippen LogP contribution in [0.5, 0.6) is 11.5 Å². The Morgan fingerprint density at radius 3 is 2.12 bits per heavy atom. The minimum atomic E-state index is -3.67. The van der Waals surface area contributed by atoms with Gasteiger partial charge in [-0.1, -0.05) is 42.5 Å². The van der Waals surface area contributed by atoms with Gasteiger partial charge in [0.1, 0.15) is 11.5 Å². The maximum atomic E-state index is 13.4. The fourth-order valence-corrected chi connectivity index (χ4v) is 4.74. The molecule has 3 aromatic carbocycles. The highest BCUT2D eigenvalue weighted by Gasteiger charge is 2.52. The highest BCUT2D eigenvalue weighted by Crippen LogP contribution is 2.41. The summed E-state index contributed by atoms with van der Waals surface area (Å²) >= 11 is 5.40. The van der Waals surface area contributed by atoms with Crippen LogP contribution in [0, 0.1) is 0 Å². The van der Waals surface area contributed by atoms with Crippen molar-refractivity contribution in [1.29, 1.82) is 0 Å². The Bertz CT molecular complexity index is 1340. The van der Waals surface area contributed by atoms with Crippen LogP contribution >= 0.6 is 12.2 Å². The number of carbonyl (C=O) groups excluding carboxylic acids is 1. The van der Waals surface area contributed by atoms with E-state index in [9.17, 15) is 13.2 Å². The quantitative estimate of drug-likeness (QED) is 0.426. The van der Waals surface area contributed by atoms with Crippen molar-refractivity contribution >= 4 is 33.4 Å². The van der Waals surface area contributed by atoms with E-state index in [2.05, 4.69) is 5.32 Å². The van der Waals surface area contributed by atoms with Gasteiger partial charge in [-0.2, -0.15) is 8.42 Å². The van der Waals surface area contributed by atoms with Crippen LogP contribution < -0.4 is 14.2 Å². The SMILES string of the molecule is COc1cccc(-c2cccc(C3(c4ccc(OS(C)(=O)=O)cc4)C(=O)NC(=S)N3C)c2)c1. The molecule has 9 heteroatoms. The standard InChI is InChI=1S/C24H22N2O5S2/c1-26-23(32)25-22(27)24(26,18-10-12-20(13-11-18)31-33(3,28)29)19-8-4-6-16(14-19)17-7-5-9-21(15-17)30-2/h4-15H,1-3H3,(H,25,27,32). The summed E-state index contributed by atoms with van der Waals surface area (Å²) in [5.41, 5.74) is 1.93. The summed E-state index contributed by atoms with van der Waals surface area (Å²) in [5.74, 6) is 0.589. The maximum absolute atomic E-state index is 13.4. The van der Waals surface area contributed by atoms with E-state index in [1.165, 1.54) is 12.1 Å². The number of likely N-dealkylation sites (N-methyl/N-ethyl adjacent to an activating group) is 1. The first-order valence-electron chi connectivity index (χ1n) is 9.99. The number of benzene rings is 3. The molecule has 4 rings (SSSR count). The van der Waals surface area contributed by atoms with Gasteiger partial charge in [-0.15, -0.1) is 0 Å². The lowest BCUT2D eigenvalue weighted by molar-refractivity contribution is -0.124. The molecule has 1 heterocycles. The molecule has 0 saturated carbocycles. The van der Waals surface area contributed by atoms with E-state index < -0.39 is 15.7 Å². The van der Waals surface area contributed by atoms with Crippen molar-refractivity contribution in [3.63, 3.8) is 0 Å². The highest BCUT2D eigenvalue weighted by atomic mass is 32.2. The topological polar surface area (TPSA) is 84.9 Å². The van der Waals surface area contributed by atoms with Crippen LogP contribution in [0.1, 0.15) is 11.1 Å². The summed E-state index contributed by atoms with van der Waals surface area (Å²) in [5, 5.41) is 3.05. The molecule has 1 atom stereocenters. The van der Waals surface area contributed by atoms with Gasteiger partial charge >= 0.3 is 10.1 Å².